The Balaban J connectivity index is 1.94. The van der Waals surface area contributed by atoms with Crippen LogP contribution in [0.5, 0.6) is 0 Å². The number of fused-ring (bicyclic) bond motifs is 1. The number of hydrogen-bond acceptors (Lipinski definition) is 3. The minimum Gasteiger partial charge on any atom is -0.311 e. The number of aromatic nitrogens is 2. The van der Waals surface area contributed by atoms with Crippen molar-refractivity contribution in [1.82, 2.24) is 15.3 Å². The molecule has 20 heavy (non-hydrogen) atoms. The summed E-state index contributed by atoms with van der Waals surface area (Å²) >= 11 is 3.51. The maximum absolute atomic E-state index is 4.78. The van der Waals surface area contributed by atoms with Crippen molar-refractivity contribution in [2.45, 2.75) is 32.7 Å². The van der Waals surface area contributed by atoms with Crippen molar-refractivity contribution < 1.29 is 0 Å². The molecule has 104 valence electrons. The minimum atomic E-state index is 0.791. The molecule has 0 aliphatic carbocycles. The fraction of sp³-hybridized carbons (Fsp3) is 0.375. The Labute approximate surface area is 128 Å². The van der Waals surface area contributed by atoms with Crippen molar-refractivity contribution in [2.24, 2.45) is 0 Å². The molecule has 0 radical (unpaired) electrons. The summed E-state index contributed by atoms with van der Waals surface area (Å²) in [5.74, 6) is 0.933. The average Bonchev–Trinajstić information content (AvgIpc) is 2.46. The Morgan fingerprint density at radius 1 is 1.30 bits per heavy atom. The molecule has 0 saturated heterocycles. The third-order valence-corrected chi connectivity index (χ3v) is 4.15. The zero-order valence-electron chi connectivity index (χ0n) is 11.6. The molecule has 0 atom stereocenters. The van der Waals surface area contributed by atoms with Crippen molar-refractivity contribution in [3.05, 3.63) is 57.1 Å². The van der Waals surface area contributed by atoms with Crippen LogP contribution in [0.3, 0.4) is 0 Å². The van der Waals surface area contributed by atoms with Gasteiger partial charge < -0.3 is 5.32 Å². The van der Waals surface area contributed by atoms with Gasteiger partial charge in [-0.1, -0.05) is 35.0 Å². The van der Waals surface area contributed by atoms with Gasteiger partial charge in [0, 0.05) is 23.1 Å². The molecule has 1 aliphatic rings. The molecule has 4 heteroatoms. The van der Waals surface area contributed by atoms with Crippen LogP contribution in [0.2, 0.25) is 0 Å². The van der Waals surface area contributed by atoms with Crippen molar-refractivity contribution >= 4 is 15.9 Å². The summed E-state index contributed by atoms with van der Waals surface area (Å²) in [6.07, 6.45) is 2.83. The molecular formula is C16H18BrN3. The van der Waals surface area contributed by atoms with E-state index in [1.165, 1.54) is 22.5 Å². The van der Waals surface area contributed by atoms with Crippen molar-refractivity contribution in [3.8, 4) is 0 Å². The summed E-state index contributed by atoms with van der Waals surface area (Å²) in [5, 5.41) is 3.39. The lowest BCUT2D eigenvalue weighted by Crippen LogP contribution is -2.27. The van der Waals surface area contributed by atoms with Gasteiger partial charge >= 0.3 is 0 Å². The number of aryl methyl sites for hydroxylation is 1. The van der Waals surface area contributed by atoms with Crippen LogP contribution in [0, 0.1) is 0 Å². The van der Waals surface area contributed by atoms with Gasteiger partial charge in [0.15, 0.2) is 0 Å². The van der Waals surface area contributed by atoms with Gasteiger partial charge in [-0.05, 0) is 42.6 Å². The van der Waals surface area contributed by atoms with Crippen molar-refractivity contribution in [2.75, 3.05) is 6.54 Å². The van der Waals surface area contributed by atoms with Crippen LogP contribution in [-0.2, 0) is 25.8 Å². The second kappa shape index (κ2) is 6.02. The van der Waals surface area contributed by atoms with Crippen LogP contribution in [0.1, 0.15) is 35.3 Å². The lowest BCUT2D eigenvalue weighted by Gasteiger charge is -2.19. The molecule has 0 saturated carbocycles. The molecule has 3 nitrogen and oxygen atoms in total. The van der Waals surface area contributed by atoms with Gasteiger partial charge in [0.2, 0.25) is 0 Å². The fourth-order valence-electron chi connectivity index (χ4n) is 2.69. The summed E-state index contributed by atoms with van der Waals surface area (Å²) in [4.78, 5) is 9.53. The zero-order chi connectivity index (χ0) is 13.9. The minimum absolute atomic E-state index is 0.791. The molecule has 0 bridgehead atoms. The lowest BCUT2D eigenvalue weighted by molar-refractivity contribution is 0.610. The van der Waals surface area contributed by atoms with Crippen LogP contribution in [0.4, 0.5) is 0 Å². The Kier molecular flexibility index (Phi) is 4.13. The van der Waals surface area contributed by atoms with Crippen LogP contribution in [0.25, 0.3) is 0 Å². The molecular weight excluding hydrogens is 314 g/mol. The molecule has 0 amide bonds. The van der Waals surface area contributed by atoms with Gasteiger partial charge in [-0.15, -0.1) is 0 Å². The zero-order valence-corrected chi connectivity index (χ0v) is 13.2. The smallest absolute Gasteiger partial charge is 0.133 e. The molecule has 0 unspecified atom stereocenters. The van der Waals surface area contributed by atoms with E-state index in [0.717, 1.165) is 42.6 Å². The highest BCUT2D eigenvalue weighted by Gasteiger charge is 2.16. The quantitative estimate of drug-likeness (QED) is 0.939. The van der Waals surface area contributed by atoms with E-state index < -0.39 is 0 Å². The summed E-state index contributed by atoms with van der Waals surface area (Å²) < 4.78 is 1.10. The molecule has 1 N–H and O–H groups in total. The fourth-order valence-corrected chi connectivity index (χ4v) is 3.14. The second-order valence-corrected chi connectivity index (χ2v) is 6.01. The van der Waals surface area contributed by atoms with Gasteiger partial charge in [-0.2, -0.15) is 0 Å². The molecule has 3 rings (SSSR count). The Morgan fingerprint density at radius 2 is 2.20 bits per heavy atom. The van der Waals surface area contributed by atoms with Gasteiger partial charge in [-0.25, -0.2) is 9.97 Å². The highest BCUT2D eigenvalue weighted by molar-refractivity contribution is 9.10. The monoisotopic (exact) mass is 331 g/mol. The number of rotatable bonds is 3. The van der Waals surface area contributed by atoms with E-state index in [4.69, 9.17) is 9.97 Å². The highest BCUT2D eigenvalue weighted by Crippen LogP contribution is 2.19. The molecule has 0 spiro atoms. The summed E-state index contributed by atoms with van der Waals surface area (Å²) in [5.41, 5.74) is 5.02. The van der Waals surface area contributed by atoms with E-state index >= 15 is 0 Å². The first kappa shape index (κ1) is 13.7. The number of halogens is 1. The third-order valence-electron chi connectivity index (χ3n) is 3.66. The standard InChI is InChI=1S/C16H18BrN3/c1-2-14-13-6-7-18-10-15(13)20-16(19-14)9-11-4-3-5-12(17)8-11/h3-5,8,18H,2,6-7,9-10H2,1H3. The van der Waals surface area contributed by atoms with E-state index in [1.54, 1.807) is 0 Å². The maximum Gasteiger partial charge on any atom is 0.133 e. The first-order valence-electron chi connectivity index (χ1n) is 7.09. The Morgan fingerprint density at radius 3 is 3.00 bits per heavy atom. The Bertz CT molecular complexity index is 608. The average molecular weight is 332 g/mol. The van der Waals surface area contributed by atoms with E-state index in [2.05, 4.69) is 46.4 Å². The molecule has 2 aromatic rings. The van der Waals surface area contributed by atoms with Gasteiger partial charge in [0.25, 0.3) is 0 Å². The topological polar surface area (TPSA) is 37.8 Å². The van der Waals surface area contributed by atoms with Crippen LogP contribution in [0.15, 0.2) is 28.7 Å². The maximum atomic E-state index is 4.78. The van der Waals surface area contributed by atoms with E-state index in [9.17, 15) is 0 Å². The largest absolute Gasteiger partial charge is 0.311 e. The number of nitrogens with one attached hydrogen (secondary N) is 1. The normalized spacial score (nSPS) is 14.1. The van der Waals surface area contributed by atoms with E-state index in [1.807, 2.05) is 6.07 Å². The molecule has 1 aromatic heterocycles. The summed E-state index contributed by atoms with van der Waals surface area (Å²) in [7, 11) is 0. The van der Waals surface area contributed by atoms with Crippen LogP contribution < -0.4 is 5.32 Å². The van der Waals surface area contributed by atoms with E-state index in [0.29, 0.717) is 0 Å². The van der Waals surface area contributed by atoms with Gasteiger partial charge in [0.1, 0.15) is 5.82 Å². The molecule has 0 fully saturated rings. The molecule has 1 aromatic carbocycles. The number of hydrogen-bond donors (Lipinski definition) is 1. The van der Waals surface area contributed by atoms with Crippen molar-refractivity contribution in [1.29, 1.82) is 0 Å². The number of nitrogens with zero attached hydrogens (tertiary/aromatic N) is 2. The van der Waals surface area contributed by atoms with Crippen molar-refractivity contribution in [3.63, 3.8) is 0 Å². The van der Waals surface area contributed by atoms with Gasteiger partial charge in [-0.3, -0.25) is 0 Å². The Hall–Kier alpha value is -1.26. The first-order valence-corrected chi connectivity index (χ1v) is 7.88. The predicted molar refractivity (Wildman–Crippen MR) is 83.8 cm³/mol. The number of benzene rings is 1. The second-order valence-electron chi connectivity index (χ2n) is 5.10. The predicted octanol–water partition coefficient (Wildman–Crippen LogP) is 3.04. The van der Waals surface area contributed by atoms with E-state index in [-0.39, 0.29) is 0 Å². The highest BCUT2D eigenvalue weighted by atomic mass is 79.9. The van der Waals surface area contributed by atoms with Crippen LogP contribution in [-0.4, -0.2) is 16.5 Å². The molecule has 1 aliphatic heterocycles. The lowest BCUT2D eigenvalue weighted by atomic mass is 10.0. The summed E-state index contributed by atoms with van der Waals surface area (Å²) in [6, 6.07) is 8.35. The SMILES string of the molecule is CCc1nc(Cc2cccc(Br)c2)nc2c1CCNC2. The molecule has 2 heterocycles. The summed E-state index contributed by atoms with van der Waals surface area (Å²) in [6.45, 7) is 4.08. The first-order chi connectivity index (χ1) is 9.76. The van der Waals surface area contributed by atoms with Gasteiger partial charge in [0.05, 0.1) is 5.69 Å². The third kappa shape index (κ3) is 2.91. The van der Waals surface area contributed by atoms with Crippen LogP contribution >= 0.6 is 15.9 Å².